The molecule has 8 heteroatoms. The van der Waals surface area contributed by atoms with Crippen LogP contribution >= 0.6 is 23.2 Å². The van der Waals surface area contributed by atoms with Gasteiger partial charge in [0.2, 0.25) is 5.91 Å². The lowest BCUT2D eigenvalue weighted by Crippen LogP contribution is -2.27. The highest BCUT2D eigenvalue weighted by atomic mass is 35.5. The summed E-state index contributed by atoms with van der Waals surface area (Å²) >= 11 is 11.9. The summed E-state index contributed by atoms with van der Waals surface area (Å²) in [5, 5.41) is 3.31. The second-order valence-corrected chi connectivity index (χ2v) is 8.99. The Balaban J connectivity index is 2.33. The van der Waals surface area contributed by atoms with Crippen molar-refractivity contribution in [3.8, 4) is 0 Å². The molecule has 1 amide bonds. The fourth-order valence-corrected chi connectivity index (χ4v) is 3.27. The van der Waals surface area contributed by atoms with Crippen LogP contribution in [0.3, 0.4) is 0 Å². The number of halogens is 2. The van der Waals surface area contributed by atoms with Crippen molar-refractivity contribution in [2.45, 2.75) is 25.7 Å². The van der Waals surface area contributed by atoms with E-state index >= 15 is 0 Å². The molecule has 0 aliphatic rings. The first-order valence-corrected chi connectivity index (χ1v) is 9.62. The van der Waals surface area contributed by atoms with Crippen molar-refractivity contribution >= 4 is 50.5 Å². The predicted octanol–water partition coefficient (Wildman–Crippen LogP) is 4.78. The van der Waals surface area contributed by atoms with Crippen molar-refractivity contribution in [3.05, 3.63) is 52.5 Å². The molecule has 2 aromatic carbocycles. The second kappa shape index (κ2) is 7.23. The molecule has 0 fully saturated rings. The summed E-state index contributed by atoms with van der Waals surface area (Å²) in [5.74, 6) is -0.272. The zero-order chi connectivity index (χ0) is 18.8. The monoisotopic (exact) mass is 400 g/mol. The molecule has 0 atom stereocenters. The van der Waals surface area contributed by atoms with Crippen molar-refractivity contribution < 1.29 is 13.2 Å². The van der Waals surface area contributed by atoms with Gasteiger partial charge in [0.25, 0.3) is 10.0 Å². The van der Waals surface area contributed by atoms with Gasteiger partial charge >= 0.3 is 0 Å². The first kappa shape index (κ1) is 19.6. The summed E-state index contributed by atoms with van der Waals surface area (Å²) in [6.07, 6.45) is 0. The minimum atomic E-state index is -3.86. The van der Waals surface area contributed by atoms with E-state index in [1.54, 1.807) is 39.0 Å². The van der Waals surface area contributed by atoms with Gasteiger partial charge in [0.15, 0.2) is 0 Å². The van der Waals surface area contributed by atoms with E-state index in [-0.39, 0.29) is 21.5 Å². The number of carbonyl (C=O) groups excluding carboxylic acids is 1. The highest BCUT2D eigenvalue weighted by molar-refractivity contribution is 7.92. The molecule has 0 saturated carbocycles. The Morgan fingerprint density at radius 2 is 1.72 bits per heavy atom. The van der Waals surface area contributed by atoms with Crippen LogP contribution < -0.4 is 10.0 Å². The minimum absolute atomic E-state index is 0.0268. The van der Waals surface area contributed by atoms with Gasteiger partial charge in [-0.3, -0.25) is 9.52 Å². The molecule has 0 saturated heterocycles. The molecule has 2 rings (SSSR count). The van der Waals surface area contributed by atoms with Gasteiger partial charge in [-0.05, 0) is 36.4 Å². The molecular weight excluding hydrogens is 383 g/mol. The molecule has 25 heavy (non-hydrogen) atoms. The molecule has 0 unspecified atom stereocenters. The Morgan fingerprint density at radius 1 is 1.04 bits per heavy atom. The highest BCUT2D eigenvalue weighted by Crippen LogP contribution is 2.28. The fourth-order valence-electron chi connectivity index (χ4n) is 1.84. The van der Waals surface area contributed by atoms with E-state index in [1.165, 1.54) is 24.3 Å². The molecule has 0 aliphatic heterocycles. The summed E-state index contributed by atoms with van der Waals surface area (Å²) in [6.45, 7) is 5.24. The summed E-state index contributed by atoms with van der Waals surface area (Å²) in [4.78, 5) is 12.1. The molecule has 0 radical (unpaired) electrons. The van der Waals surface area contributed by atoms with Crippen molar-refractivity contribution in [1.82, 2.24) is 0 Å². The van der Waals surface area contributed by atoms with Crippen LogP contribution in [0.25, 0.3) is 0 Å². The molecule has 0 aliphatic carbocycles. The van der Waals surface area contributed by atoms with E-state index in [9.17, 15) is 13.2 Å². The lowest BCUT2D eigenvalue weighted by atomic mass is 9.95. The summed E-state index contributed by atoms with van der Waals surface area (Å²) < 4.78 is 27.5. The molecule has 0 bridgehead atoms. The van der Waals surface area contributed by atoms with Gasteiger partial charge < -0.3 is 5.32 Å². The van der Waals surface area contributed by atoms with Crippen LogP contribution in [0.2, 0.25) is 10.0 Å². The standard InChI is InChI=1S/C17H18Cl2N2O3S/c1-17(2,3)16(22)20-15-10-13(7-8-14(15)19)25(23,24)21-12-6-4-5-11(18)9-12/h4-10,21H,1-3H3,(H,20,22). The van der Waals surface area contributed by atoms with Crippen LogP contribution in [0.15, 0.2) is 47.4 Å². The molecule has 134 valence electrons. The number of rotatable bonds is 4. The van der Waals surface area contributed by atoms with Crippen molar-refractivity contribution in [1.29, 1.82) is 0 Å². The Morgan fingerprint density at radius 3 is 2.32 bits per heavy atom. The van der Waals surface area contributed by atoms with Crippen LogP contribution in [0.1, 0.15) is 20.8 Å². The number of hydrogen-bond acceptors (Lipinski definition) is 3. The number of amides is 1. The molecule has 0 aromatic heterocycles. The number of anilines is 2. The first-order chi connectivity index (χ1) is 11.5. The Hall–Kier alpha value is -1.76. The van der Waals surface area contributed by atoms with Gasteiger partial charge in [0, 0.05) is 10.4 Å². The normalized spacial score (nSPS) is 11.9. The lowest BCUT2D eigenvalue weighted by Gasteiger charge is -2.19. The minimum Gasteiger partial charge on any atom is -0.324 e. The number of sulfonamides is 1. The molecule has 5 nitrogen and oxygen atoms in total. The quantitative estimate of drug-likeness (QED) is 0.774. The third-order valence-electron chi connectivity index (χ3n) is 3.25. The Bertz CT molecular complexity index is 906. The molecule has 0 heterocycles. The van der Waals surface area contributed by atoms with Crippen molar-refractivity contribution in [2.75, 3.05) is 10.0 Å². The van der Waals surface area contributed by atoms with E-state index in [0.29, 0.717) is 10.7 Å². The Kier molecular flexibility index (Phi) is 5.66. The third kappa shape index (κ3) is 5.11. The third-order valence-corrected chi connectivity index (χ3v) is 5.20. The van der Waals surface area contributed by atoms with Gasteiger partial charge in [-0.1, -0.05) is 50.0 Å². The largest absolute Gasteiger partial charge is 0.324 e. The summed E-state index contributed by atoms with van der Waals surface area (Å²) in [7, 11) is -3.86. The molecule has 2 N–H and O–H groups in total. The lowest BCUT2D eigenvalue weighted by molar-refractivity contribution is -0.123. The average molecular weight is 401 g/mol. The number of benzene rings is 2. The van der Waals surface area contributed by atoms with Crippen molar-refractivity contribution in [2.24, 2.45) is 5.41 Å². The van der Waals surface area contributed by atoms with E-state index < -0.39 is 15.4 Å². The maximum Gasteiger partial charge on any atom is 0.261 e. The first-order valence-electron chi connectivity index (χ1n) is 7.38. The number of nitrogens with one attached hydrogen (secondary N) is 2. The van der Waals surface area contributed by atoms with Crippen LogP contribution in [-0.2, 0) is 14.8 Å². The van der Waals surface area contributed by atoms with E-state index in [0.717, 1.165) is 0 Å². The van der Waals surface area contributed by atoms with Crippen LogP contribution in [0, 0.1) is 5.41 Å². The van der Waals surface area contributed by atoms with Crippen LogP contribution in [-0.4, -0.2) is 14.3 Å². The maximum atomic E-state index is 12.5. The van der Waals surface area contributed by atoms with Gasteiger partial charge in [0.05, 0.1) is 21.3 Å². The molecular formula is C17H18Cl2N2O3S. The zero-order valence-electron chi connectivity index (χ0n) is 13.9. The van der Waals surface area contributed by atoms with Gasteiger partial charge in [-0.15, -0.1) is 0 Å². The van der Waals surface area contributed by atoms with E-state index in [1.807, 2.05) is 0 Å². The summed E-state index contributed by atoms with van der Waals surface area (Å²) in [5.41, 5.74) is -0.0738. The maximum absolute atomic E-state index is 12.5. The zero-order valence-corrected chi connectivity index (χ0v) is 16.3. The average Bonchev–Trinajstić information content (AvgIpc) is 2.47. The molecule has 0 spiro atoms. The number of carbonyl (C=O) groups is 1. The van der Waals surface area contributed by atoms with Crippen molar-refractivity contribution in [3.63, 3.8) is 0 Å². The fraction of sp³-hybridized carbons (Fsp3) is 0.235. The highest BCUT2D eigenvalue weighted by Gasteiger charge is 2.23. The Labute approximate surface area is 157 Å². The summed E-state index contributed by atoms with van der Waals surface area (Å²) in [6, 6.07) is 10.5. The molecule has 2 aromatic rings. The second-order valence-electron chi connectivity index (χ2n) is 6.46. The van der Waals surface area contributed by atoms with Gasteiger partial charge in [-0.25, -0.2) is 8.42 Å². The number of hydrogen-bond donors (Lipinski definition) is 2. The SMILES string of the molecule is CC(C)(C)C(=O)Nc1cc(S(=O)(=O)Nc2cccc(Cl)c2)ccc1Cl. The van der Waals surface area contributed by atoms with E-state index in [2.05, 4.69) is 10.0 Å². The predicted molar refractivity (Wildman–Crippen MR) is 102 cm³/mol. The van der Waals surface area contributed by atoms with Gasteiger partial charge in [0.1, 0.15) is 0 Å². The topological polar surface area (TPSA) is 75.3 Å². The van der Waals surface area contributed by atoms with E-state index in [4.69, 9.17) is 23.2 Å². The smallest absolute Gasteiger partial charge is 0.261 e. The van der Waals surface area contributed by atoms with Crippen LogP contribution in [0.5, 0.6) is 0 Å². The van der Waals surface area contributed by atoms with Crippen LogP contribution in [0.4, 0.5) is 11.4 Å². The van der Waals surface area contributed by atoms with Gasteiger partial charge in [-0.2, -0.15) is 0 Å².